The molecule has 227 valence electrons. The summed E-state index contributed by atoms with van der Waals surface area (Å²) in [6, 6.07) is -2.32. The zero-order valence-electron chi connectivity index (χ0n) is 21.3. The third-order valence-electron chi connectivity index (χ3n) is 4.66. The van der Waals surface area contributed by atoms with Crippen molar-refractivity contribution in [1.29, 1.82) is 0 Å². The van der Waals surface area contributed by atoms with Crippen molar-refractivity contribution in [2.24, 2.45) is 16.5 Å². The van der Waals surface area contributed by atoms with Crippen molar-refractivity contribution >= 4 is 73.4 Å². The minimum Gasteiger partial charge on any atom is -2.00 e. The quantitative estimate of drug-likeness (QED) is 0.0264. The number of nitrogens with zero attached hydrogens (tertiary/aromatic N) is 2. The van der Waals surface area contributed by atoms with Crippen LogP contribution < -0.4 is 32.7 Å². The van der Waals surface area contributed by atoms with Gasteiger partial charge in [-0.3, -0.25) is 33.9 Å². The fraction of sp³-hybridized carbons (Fsp3) is 0.700. The van der Waals surface area contributed by atoms with Crippen LogP contribution in [-0.2, 0) is 49.6 Å². The molecule has 0 saturated heterocycles. The van der Waals surface area contributed by atoms with E-state index in [0.717, 1.165) is 0 Å². The number of carbonyl (C=O) groups is 5. The Bertz CT molecular complexity index is 788. The Labute approximate surface area is 257 Å². The number of carbonyl (C=O) groups excluding carboxylic acids is 4. The molecule has 9 N–H and O–H groups in total. The summed E-state index contributed by atoms with van der Waals surface area (Å²) in [5, 5.41) is 18.8. The minimum atomic E-state index is -1.33. The van der Waals surface area contributed by atoms with E-state index in [1.807, 2.05) is 4.90 Å². The molecule has 0 aliphatic heterocycles. The van der Waals surface area contributed by atoms with Crippen LogP contribution in [0.15, 0.2) is 4.99 Å². The number of carboxylic acid groups (broad SMARTS) is 1. The first-order valence-electron chi connectivity index (χ1n) is 11.5. The molecule has 0 aromatic carbocycles. The number of amides is 4. The van der Waals surface area contributed by atoms with E-state index < -0.39 is 54.6 Å². The Morgan fingerprint density at radius 1 is 0.872 bits per heavy atom. The van der Waals surface area contributed by atoms with E-state index in [2.05, 4.69) is 64.1 Å². The molecule has 19 heteroatoms. The standard InChI is InChI=1S/C20H38N8O6S3.O.Tc/c21-20(22)24-3-1-2-13(26-16(30)12-28(5-8-36)6-9-37)18(33)25-11-15(29)27-14(10-17(31)32)19(34)23-4-7-35;;/h13-14,35-37H,1-12H2,(H,23,34)(H,25,33)(H,26,30)(H,27,29)(H,31,32)(H4,21,22,24);;/q;-2;/t13-,14-;;/m0../s1/i;;1+1. The normalized spacial score (nSPS) is 11.6. The van der Waals surface area contributed by atoms with E-state index in [0.29, 0.717) is 36.8 Å². The molecule has 1 radical (unpaired) electrons. The SMILES string of the molecule is NC(N)=NCCC[C@H](NC(=O)CN(CCS)CCS)C(=O)NCC(=O)N[C@@H](CC(=O)O)C(=O)NCCS.[99Tc].[O-2]. The molecule has 0 heterocycles. The number of rotatable bonds is 20. The van der Waals surface area contributed by atoms with Crippen molar-refractivity contribution in [2.75, 3.05) is 56.5 Å². The number of aliphatic carboxylic acids is 1. The predicted molar refractivity (Wildman–Crippen MR) is 151 cm³/mol. The number of nitrogens with two attached hydrogens (primary N) is 2. The van der Waals surface area contributed by atoms with Gasteiger partial charge in [-0.2, -0.15) is 37.9 Å². The number of thiol groups is 3. The molecule has 0 aliphatic carbocycles. The van der Waals surface area contributed by atoms with Crippen molar-refractivity contribution in [3.05, 3.63) is 0 Å². The summed E-state index contributed by atoms with van der Waals surface area (Å²) >= 11 is 12.3. The van der Waals surface area contributed by atoms with E-state index in [9.17, 15) is 24.0 Å². The summed E-state index contributed by atoms with van der Waals surface area (Å²) in [6.07, 6.45) is -0.0923. The predicted octanol–water partition coefficient (Wildman–Crippen LogP) is -3.31. The van der Waals surface area contributed by atoms with E-state index in [1.54, 1.807) is 0 Å². The summed E-state index contributed by atoms with van der Waals surface area (Å²) in [5.74, 6) is -2.51. The average Bonchev–Trinajstić information content (AvgIpc) is 2.82. The monoisotopic (exact) mass is 697 g/mol. The van der Waals surface area contributed by atoms with Gasteiger partial charge in [0.05, 0.1) is 19.5 Å². The Morgan fingerprint density at radius 3 is 1.95 bits per heavy atom. The molecule has 0 aliphatic rings. The molecule has 2 atom stereocenters. The number of carboxylic acids is 1. The number of hydrogen-bond donors (Lipinski definition) is 10. The van der Waals surface area contributed by atoms with Crippen LogP contribution in [0.1, 0.15) is 19.3 Å². The zero-order chi connectivity index (χ0) is 28.2. The number of guanidine groups is 1. The van der Waals surface area contributed by atoms with Gasteiger partial charge in [-0.05, 0) is 12.8 Å². The van der Waals surface area contributed by atoms with Gasteiger partial charge in [0, 0.05) is 63.5 Å². The van der Waals surface area contributed by atoms with E-state index in [4.69, 9.17) is 16.6 Å². The first kappa shape index (κ1) is 41.7. The molecule has 0 bridgehead atoms. The Kier molecular flexibility index (Phi) is 27.0. The van der Waals surface area contributed by atoms with Crippen LogP contribution in [0.3, 0.4) is 0 Å². The van der Waals surface area contributed by atoms with Crippen molar-refractivity contribution in [1.82, 2.24) is 26.2 Å². The second-order valence-electron chi connectivity index (χ2n) is 7.74. The van der Waals surface area contributed by atoms with Crippen LogP contribution in [0.2, 0.25) is 0 Å². The van der Waals surface area contributed by atoms with Gasteiger partial charge in [0.1, 0.15) is 12.1 Å². The molecular weight excluding hydrogens is 659 g/mol. The molecular formula is C20H38N8O7S3Tc-2. The Hall–Kier alpha value is -1.76. The Morgan fingerprint density at radius 2 is 1.44 bits per heavy atom. The van der Waals surface area contributed by atoms with Crippen LogP contribution in [0.25, 0.3) is 0 Å². The fourth-order valence-electron chi connectivity index (χ4n) is 2.99. The van der Waals surface area contributed by atoms with Gasteiger partial charge in [0.25, 0.3) is 0 Å². The third kappa shape index (κ3) is 21.7. The summed E-state index contributed by atoms with van der Waals surface area (Å²) in [5.41, 5.74) is 10.6. The second kappa shape index (κ2) is 25.2. The fourth-order valence-corrected chi connectivity index (χ4v) is 3.67. The maximum Gasteiger partial charge on any atom is 0.305 e. The van der Waals surface area contributed by atoms with Gasteiger partial charge in [0.2, 0.25) is 23.6 Å². The van der Waals surface area contributed by atoms with Gasteiger partial charge < -0.3 is 43.3 Å². The minimum absolute atomic E-state index is 0. The molecule has 0 rings (SSSR count). The van der Waals surface area contributed by atoms with Crippen LogP contribution in [0.5, 0.6) is 0 Å². The maximum atomic E-state index is 12.8. The van der Waals surface area contributed by atoms with Gasteiger partial charge >= 0.3 is 5.97 Å². The second-order valence-corrected chi connectivity index (χ2v) is 9.08. The van der Waals surface area contributed by atoms with E-state index >= 15 is 0 Å². The van der Waals surface area contributed by atoms with Crippen molar-refractivity contribution in [3.63, 3.8) is 0 Å². The van der Waals surface area contributed by atoms with Gasteiger partial charge in [0.15, 0.2) is 5.96 Å². The molecule has 0 spiro atoms. The van der Waals surface area contributed by atoms with Crippen LogP contribution in [-0.4, -0.2) is 114 Å². The summed E-state index contributed by atoms with van der Waals surface area (Å²) in [7, 11) is 0. The number of nitrogens with one attached hydrogen (secondary N) is 4. The van der Waals surface area contributed by atoms with Gasteiger partial charge in [-0.25, -0.2) is 0 Å². The summed E-state index contributed by atoms with van der Waals surface area (Å²) < 4.78 is 0. The van der Waals surface area contributed by atoms with Gasteiger partial charge in [-0.15, -0.1) is 0 Å². The topological polar surface area (TPSA) is 250 Å². The smallest absolute Gasteiger partial charge is 0.305 e. The van der Waals surface area contributed by atoms with Crippen LogP contribution in [0, 0.1) is 0 Å². The molecule has 4 amide bonds. The van der Waals surface area contributed by atoms with Crippen molar-refractivity contribution in [2.45, 2.75) is 31.3 Å². The first-order chi connectivity index (χ1) is 17.5. The van der Waals surface area contributed by atoms with E-state index in [-0.39, 0.29) is 57.6 Å². The van der Waals surface area contributed by atoms with Crippen LogP contribution in [0.4, 0.5) is 0 Å². The van der Waals surface area contributed by atoms with Crippen molar-refractivity contribution in [3.8, 4) is 0 Å². The zero-order valence-corrected chi connectivity index (χ0v) is 25.8. The average molecular weight is 698 g/mol. The third-order valence-corrected chi connectivity index (χ3v) is 5.28. The number of aliphatic imine (C=N–C) groups is 1. The molecule has 0 saturated carbocycles. The summed E-state index contributed by atoms with van der Waals surface area (Å²) in [4.78, 5) is 66.5. The first-order valence-corrected chi connectivity index (χ1v) is 13.4. The summed E-state index contributed by atoms with van der Waals surface area (Å²) in [6.45, 7) is 1.00. The molecule has 0 aromatic rings. The van der Waals surface area contributed by atoms with Crippen molar-refractivity contribution < 1.29 is 54.7 Å². The molecule has 39 heavy (non-hydrogen) atoms. The van der Waals surface area contributed by atoms with Gasteiger partial charge in [-0.1, -0.05) is 0 Å². The van der Waals surface area contributed by atoms with E-state index in [1.165, 1.54) is 0 Å². The largest absolute Gasteiger partial charge is 2.00 e. The molecule has 0 unspecified atom stereocenters. The maximum absolute atomic E-state index is 12.8. The molecule has 0 fully saturated rings. The molecule has 15 nitrogen and oxygen atoms in total. The van der Waals surface area contributed by atoms with Crippen LogP contribution >= 0.6 is 37.9 Å². The Balaban J connectivity index is -0.00000648. The number of hydrogen-bond acceptors (Lipinski definition) is 10. The molecule has 0 aromatic heterocycles.